The highest BCUT2D eigenvalue weighted by Crippen LogP contribution is 2.08. The van der Waals surface area contributed by atoms with Crippen LogP contribution in [0.3, 0.4) is 0 Å². The van der Waals surface area contributed by atoms with Gasteiger partial charge in [0.1, 0.15) is 5.76 Å². The Labute approximate surface area is 96.4 Å². The van der Waals surface area contributed by atoms with Crippen LogP contribution in [0.1, 0.15) is 12.2 Å². The summed E-state index contributed by atoms with van der Waals surface area (Å²) in [7, 11) is 1.78. The van der Waals surface area contributed by atoms with Crippen molar-refractivity contribution in [1.82, 2.24) is 10.6 Å². The monoisotopic (exact) mass is 224 g/mol. The molecule has 2 N–H and O–H groups in total. The number of methoxy groups -OCH3 is 1. The fourth-order valence-corrected chi connectivity index (χ4v) is 2.06. The topological polar surface area (TPSA) is 46.4 Å². The van der Waals surface area contributed by atoms with Gasteiger partial charge in [-0.25, -0.2) is 0 Å². The predicted molar refractivity (Wildman–Crippen MR) is 62.5 cm³/mol. The molecule has 1 saturated heterocycles. The van der Waals surface area contributed by atoms with Gasteiger partial charge in [-0.05, 0) is 18.6 Å². The van der Waals surface area contributed by atoms with E-state index in [1.54, 1.807) is 13.4 Å². The Morgan fingerprint density at radius 1 is 1.62 bits per heavy atom. The van der Waals surface area contributed by atoms with Gasteiger partial charge in [0, 0.05) is 39.2 Å². The smallest absolute Gasteiger partial charge is 0.105 e. The van der Waals surface area contributed by atoms with E-state index in [1.165, 1.54) is 0 Å². The Balaban J connectivity index is 1.55. The summed E-state index contributed by atoms with van der Waals surface area (Å²) in [5.74, 6) is 1.04. The molecule has 4 heteroatoms. The first-order valence-corrected chi connectivity index (χ1v) is 5.88. The lowest BCUT2D eigenvalue weighted by Crippen LogP contribution is -2.34. The van der Waals surface area contributed by atoms with Gasteiger partial charge in [-0.3, -0.25) is 0 Å². The molecule has 2 unspecified atom stereocenters. The summed E-state index contributed by atoms with van der Waals surface area (Å²) in [4.78, 5) is 0. The van der Waals surface area contributed by atoms with Crippen LogP contribution in [0, 0.1) is 0 Å². The molecule has 1 aromatic heterocycles. The molecule has 0 saturated carbocycles. The van der Waals surface area contributed by atoms with Gasteiger partial charge < -0.3 is 19.8 Å². The maximum absolute atomic E-state index is 5.30. The molecular formula is C12H20N2O2. The van der Waals surface area contributed by atoms with Crippen LogP contribution in [0.5, 0.6) is 0 Å². The lowest BCUT2D eigenvalue weighted by Gasteiger charge is -2.11. The minimum atomic E-state index is 0.386. The van der Waals surface area contributed by atoms with E-state index in [9.17, 15) is 0 Å². The molecule has 1 fully saturated rings. The van der Waals surface area contributed by atoms with Gasteiger partial charge in [0.05, 0.1) is 12.4 Å². The zero-order valence-corrected chi connectivity index (χ0v) is 9.74. The van der Waals surface area contributed by atoms with Crippen molar-refractivity contribution in [2.45, 2.75) is 25.0 Å². The molecule has 1 aliphatic heterocycles. The molecule has 90 valence electrons. The molecular weight excluding hydrogens is 204 g/mol. The minimum absolute atomic E-state index is 0.386. The maximum Gasteiger partial charge on any atom is 0.105 e. The van der Waals surface area contributed by atoms with Crippen LogP contribution in [-0.4, -0.2) is 38.9 Å². The molecule has 0 aromatic carbocycles. The Bertz CT molecular complexity index is 287. The number of ether oxygens (including phenoxy) is 1. The van der Waals surface area contributed by atoms with E-state index < -0.39 is 0 Å². The summed E-state index contributed by atoms with van der Waals surface area (Å²) in [6, 6.07) is 4.48. The van der Waals surface area contributed by atoms with Crippen LogP contribution in [-0.2, 0) is 11.2 Å². The zero-order chi connectivity index (χ0) is 11.2. The second-order valence-electron chi connectivity index (χ2n) is 4.23. The van der Waals surface area contributed by atoms with Gasteiger partial charge in [0.25, 0.3) is 0 Å². The lowest BCUT2D eigenvalue weighted by atomic mass is 10.2. The van der Waals surface area contributed by atoms with Gasteiger partial charge in [-0.15, -0.1) is 0 Å². The molecule has 0 aliphatic carbocycles. The van der Waals surface area contributed by atoms with E-state index in [2.05, 4.69) is 10.6 Å². The second-order valence-corrected chi connectivity index (χ2v) is 4.23. The average Bonchev–Trinajstić information content (AvgIpc) is 2.95. The van der Waals surface area contributed by atoms with E-state index in [0.29, 0.717) is 12.1 Å². The molecule has 2 rings (SSSR count). The van der Waals surface area contributed by atoms with Crippen LogP contribution >= 0.6 is 0 Å². The number of furan rings is 1. The molecule has 1 aromatic rings. The number of hydrogen-bond acceptors (Lipinski definition) is 4. The van der Waals surface area contributed by atoms with Crippen molar-refractivity contribution in [3.8, 4) is 0 Å². The summed E-state index contributed by atoms with van der Waals surface area (Å²) in [6.07, 6.45) is 4.16. The Morgan fingerprint density at radius 2 is 2.56 bits per heavy atom. The van der Waals surface area contributed by atoms with Crippen LogP contribution in [0.25, 0.3) is 0 Å². The molecule has 0 amide bonds. The van der Waals surface area contributed by atoms with Crippen molar-refractivity contribution in [3.63, 3.8) is 0 Å². The number of hydrogen-bond donors (Lipinski definition) is 2. The van der Waals surface area contributed by atoms with Crippen molar-refractivity contribution in [1.29, 1.82) is 0 Å². The third-order valence-corrected chi connectivity index (χ3v) is 3.03. The third kappa shape index (κ3) is 3.33. The van der Waals surface area contributed by atoms with Crippen LogP contribution in [0.2, 0.25) is 0 Å². The number of rotatable bonds is 6. The van der Waals surface area contributed by atoms with Crippen molar-refractivity contribution in [2.24, 2.45) is 0 Å². The van der Waals surface area contributed by atoms with Gasteiger partial charge in [-0.2, -0.15) is 0 Å². The molecule has 0 radical (unpaired) electrons. The Hall–Kier alpha value is -0.840. The summed E-state index contributed by atoms with van der Waals surface area (Å²) in [5, 5.41) is 6.87. The zero-order valence-electron chi connectivity index (χ0n) is 9.74. The van der Waals surface area contributed by atoms with Crippen molar-refractivity contribution >= 4 is 0 Å². The summed E-state index contributed by atoms with van der Waals surface area (Å²) in [5.41, 5.74) is 0. The molecule has 1 aliphatic rings. The highest BCUT2D eigenvalue weighted by molar-refractivity contribution is 4.98. The first-order valence-electron chi connectivity index (χ1n) is 5.88. The third-order valence-electron chi connectivity index (χ3n) is 3.03. The average molecular weight is 224 g/mol. The van der Waals surface area contributed by atoms with E-state index in [4.69, 9.17) is 9.15 Å². The molecule has 0 spiro atoms. The quantitative estimate of drug-likeness (QED) is 0.701. The summed E-state index contributed by atoms with van der Waals surface area (Å²) >= 11 is 0. The molecule has 4 nitrogen and oxygen atoms in total. The van der Waals surface area contributed by atoms with E-state index >= 15 is 0 Å². The van der Waals surface area contributed by atoms with E-state index in [0.717, 1.165) is 38.2 Å². The minimum Gasteiger partial charge on any atom is -0.469 e. The van der Waals surface area contributed by atoms with Gasteiger partial charge in [0.2, 0.25) is 0 Å². The van der Waals surface area contributed by atoms with Crippen molar-refractivity contribution < 1.29 is 9.15 Å². The van der Waals surface area contributed by atoms with E-state index in [-0.39, 0.29) is 0 Å². The SMILES string of the molecule is COC1CNC(CNCCc2ccco2)C1. The molecule has 2 heterocycles. The standard InChI is InChI=1S/C12H20N2O2/c1-15-12-7-10(14-9-12)8-13-5-4-11-3-2-6-16-11/h2-3,6,10,12-14H,4-5,7-9H2,1H3. The largest absolute Gasteiger partial charge is 0.469 e. The fourth-order valence-electron chi connectivity index (χ4n) is 2.06. The molecule has 16 heavy (non-hydrogen) atoms. The first-order chi connectivity index (χ1) is 7.88. The van der Waals surface area contributed by atoms with Crippen LogP contribution < -0.4 is 10.6 Å². The molecule has 0 bridgehead atoms. The van der Waals surface area contributed by atoms with Gasteiger partial charge in [-0.1, -0.05) is 0 Å². The van der Waals surface area contributed by atoms with Crippen LogP contribution in [0.15, 0.2) is 22.8 Å². The molecule has 2 atom stereocenters. The fraction of sp³-hybridized carbons (Fsp3) is 0.667. The second kappa shape index (κ2) is 6.03. The highest BCUT2D eigenvalue weighted by Gasteiger charge is 2.22. The van der Waals surface area contributed by atoms with Crippen molar-refractivity contribution in [2.75, 3.05) is 26.7 Å². The van der Waals surface area contributed by atoms with Gasteiger partial charge >= 0.3 is 0 Å². The van der Waals surface area contributed by atoms with E-state index in [1.807, 2.05) is 12.1 Å². The first kappa shape index (κ1) is 11.6. The lowest BCUT2D eigenvalue weighted by molar-refractivity contribution is 0.117. The Kier molecular flexibility index (Phi) is 4.39. The Morgan fingerprint density at radius 3 is 3.25 bits per heavy atom. The summed E-state index contributed by atoms with van der Waals surface area (Å²) in [6.45, 7) is 2.94. The normalized spacial score (nSPS) is 25.1. The predicted octanol–water partition coefficient (Wildman–Crippen LogP) is 0.789. The summed E-state index contributed by atoms with van der Waals surface area (Å²) < 4.78 is 10.6. The van der Waals surface area contributed by atoms with Gasteiger partial charge in [0.15, 0.2) is 0 Å². The maximum atomic E-state index is 5.30. The number of nitrogens with one attached hydrogen (secondary N) is 2. The highest BCUT2D eigenvalue weighted by atomic mass is 16.5. The van der Waals surface area contributed by atoms with Crippen LogP contribution in [0.4, 0.5) is 0 Å². The van der Waals surface area contributed by atoms with Crippen molar-refractivity contribution in [3.05, 3.63) is 24.2 Å².